The number of carbonyl (C=O) groups excluding carboxylic acids is 1. The van der Waals surface area contributed by atoms with Crippen LogP contribution in [0.5, 0.6) is 0 Å². The van der Waals surface area contributed by atoms with E-state index in [4.69, 9.17) is 10.8 Å². The summed E-state index contributed by atoms with van der Waals surface area (Å²) in [4.78, 5) is 13.4. The van der Waals surface area contributed by atoms with Crippen molar-refractivity contribution in [1.82, 2.24) is 5.32 Å². The van der Waals surface area contributed by atoms with Gasteiger partial charge in [-0.15, -0.1) is 0 Å². The molecule has 5 nitrogen and oxygen atoms in total. The minimum absolute atomic E-state index is 0.0279. The van der Waals surface area contributed by atoms with Crippen LogP contribution in [0.15, 0.2) is 18.2 Å². The maximum absolute atomic E-state index is 11.5. The van der Waals surface area contributed by atoms with Crippen molar-refractivity contribution < 1.29 is 9.90 Å². The number of anilines is 2. The van der Waals surface area contributed by atoms with Crippen molar-refractivity contribution in [2.45, 2.75) is 13.0 Å². The lowest BCUT2D eigenvalue weighted by molar-refractivity contribution is 0.0963. The first kappa shape index (κ1) is 13.3. The van der Waals surface area contributed by atoms with Gasteiger partial charge in [0.2, 0.25) is 0 Å². The molecule has 94 valence electrons. The molecule has 0 fully saturated rings. The van der Waals surface area contributed by atoms with Crippen LogP contribution >= 0.6 is 0 Å². The van der Waals surface area contributed by atoms with Gasteiger partial charge >= 0.3 is 0 Å². The van der Waals surface area contributed by atoms with Gasteiger partial charge in [-0.2, -0.15) is 0 Å². The number of nitrogen functional groups attached to an aromatic ring is 1. The maximum atomic E-state index is 11.5. The summed E-state index contributed by atoms with van der Waals surface area (Å²) in [5, 5.41) is 11.7. The fourth-order valence-corrected chi connectivity index (χ4v) is 1.49. The van der Waals surface area contributed by atoms with Crippen LogP contribution < -0.4 is 16.0 Å². The highest BCUT2D eigenvalue weighted by Gasteiger charge is 2.14. The van der Waals surface area contributed by atoms with Crippen molar-refractivity contribution in [2.24, 2.45) is 0 Å². The van der Waals surface area contributed by atoms with Crippen LogP contribution in [-0.4, -0.2) is 37.8 Å². The molecule has 1 aromatic carbocycles. The first-order valence-electron chi connectivity index (χ1n) is 5.46. The van der Waals surface area contributed by atoms with E-state index in [-0.39, 0.29) is 18.6 Å². The van der Waals surface area contributed by atoms with Gasteiger partial charge < -0.3 is 21.1 Å². The molecular formula is C12H19N3O2. The molecule has 1 aromatic rings. The number of nitrogens with zero attached hydrogens (tertiary/aromatic N) is 1. The number of aliphatic hydroxyl groups is 1. The molecule has 0 spiro atoms. The number of nitrogens with one attached hydrogen (secondary N) is 1. The van der Waals surface area contributed by atoms with Gasteiger partial charge in [0, 0.05) is 25.7 Å². The number of rotatable bonds is 4. The first-order chi connectivity index (χ1) is 8.01. The smallest absolute Gasteiger partial charge is 0.251 e. The van der Waals surface area contributed by atoms with Gasteiger partial charge in [0.05, 0.1) is 18.0 Å². The Morgan fingerprint density at radius 3 is 2.76 bits per heavy atom. The second-order valence-electron chi connectivity index (χ2n) is 4.00. The molecule has 1 unspecified atom stereocenters. The Kier molecular flexibility index (Phi) is 4.34. The summed E-state index contributed by atoms with van der Waals surface area (Å²) < 4.78 is 0. The average Bonchev–Trinajstić information content (AvgIpc) is 2.36. The summed E-state index contributed by atoms with van der Waals surface area (Å²) in [6.45, 7) is 1.91. The summed E-state index contributed by atoms with van der Waals surface area (Å²) in [6, 6.07) is 5.04. The molecule has 0 heterocycles. The van der Waals surface area contributed by atoms with E-state index in [1.54, 1.807) is 25.2 Å². The number of aliphatic hydroxyl groups excluding tert-OH is 1. The summed E-state index contributed by atoms with van der Waals surface area (Å²) >= 11 is 0. The Hall–Kier alpha value is -1.75. The highest BCUT2D eigenvalue weighted by molar-refractivity contribution is 5.96. The van der Waals surface area contributed by atoms with Crippen LogP contribution in [0.4, 0.5) is 11.4 Å². The van der Waals surface area contributed by atoms with Crippen LogP contribution in [-0.2, 0) is 0 Å². The third kappa shape index (κ3) is 2.88. The highest BCUT2D eigenvalue weighted by atomic mass is 16.3. The largest absolute Gasteiger partial charge is 0.397 e. The van der Waals surface area contributed by atoms with Gasteiger partial charge in [-0.05, 0) is 25.1 Å². The lowest BCUT2D eigenvalue weighted by atomic mass is 10.1. The van der Waals surface area contributed by atoms with Gasteiger partial charge in [-0.3, -0.25) is 4.79 Å². The Morgan fingerprint density at radius 2 is 2.24 bits per heavy atom. The second-order valence-corrected chi connectivity index (χ2v) is 4.00. The molecule has 5 heteroatoms. The number of carbonyl (C=O) groups is 1. The quantitative estimate of drug-likeness (QED) is 0.664. The van der Waals surface area contributed by atoms with Gasteiger partial charge in [0.1, 0.15) is 0 Å². The van der Waals surface area contributed by atoms with Crippen molar-refractivity contribution in [1.29, 1.82) is 0 Å². The third-order valence-corrected chi connectivity index (χ3v) is 2.83. The number of benzene rings is 1. The first-order valence-corrected chi connectivity index (χ1v) is 5.46. The summed E-state index contributed by atoms with van der Waals surface area (Å²) in [5.41, 5.74) is 7.75. The van der Waals surface area contributed by atoms with E-state index in [0.29, 0.717) is 11.3 Å². The molecule has 0 aliphatic rings. The van der Waals surface area contributed by atoms with Crippen LogP contribution in [0.1, 0.15) is 17.3 Å². The highest BCUT2D eigenvalue weighted by Crippen LogP contribution is 2.25. The minimum atomic E-state index is -0.156. The molecular weight excluding hydrogens is 218 g/mol. The summed E-state index contributed by atoms with van der Waals surface area (Å²) in [6.07, 6.45) is 0. The van der Waals surface area contributed by atoms with Gasteiger partial charge in [-0.1, -0.05) is 0 Å². The van der Waals surface area contributed by atoms with Crippen molar-refractivity contribution >= 4 is 17.3 Å². The normalized spacial score (nSPS) is 12.0. The summed E-state index contributed by atoms with van der Waals surface area (Å²) in [7, 11) is 3.42. The standard InChI is InChI=1S/C12H19N3O2/c1-8(7-16)15(3)11-6-9(12(17)14-2)4-5-10(11)13/h4-6,8,16H,7,13H2,1-3H3,(H,14,17). The molecule has 17 heavy (non-hydrogen) atoms. The predicted octanol–water partition coefficient (Wildman–Crippen LogP) is 0.445. The van der Waals surface area contributed by atoms with Crippen LogP contribution in [0, 0.1) is 0 Å². The zero-order valence-corrected chi connectivity index (χ0v) is 10.4. The Bertz CT molecular complexity index is 407. The molecule has 1 rings (SSSR count). The Labute approximate surface area is 101 Å². The van der Waals surface area contributed by atoms with E-state index in [0.717, 1.165) is 5.69 Å². The zero-order valence-electron chi connectivity index (χ0n) is 10.4. The molecule has 1 atom stereocenters. The fraction of sp³-hybridized carbons (Fsp3) is 0.417. The topological polar surface area (TPSA) is 78.6 Å². The number of amides is 1. The van der Waals surface area contributed by atoms with Gasteiger partial charge in [-0.25, -0.2) is 0 Å². The number of likely N-dealkylation sites (N-methyl/N-ethyl adjacent to an activating group) is 1. The van der Waals surface area contributed by atoms with E-state index in [1.165, 1.54) is 0 Å². The Balaban J connectivity index is 3.10. The van der Waals surface area contributed by atoms with Gasteiger partial charge in [0.15, 0.2) is 0 Å². The number of nitrogens with two attached hydrogens (primary N) is 1. The maximum Gasteiger partial charge on any atom is 0.251 e. The van der Waals surface area contributed by atoms with E-state index < -0.39 is 0 Å². The zero-order chi connectivity index (χ0) is 13.0. The monoisotopic (exact) mass is 237 g/mol. The molecule has 0 radical (unpaired) electrons. The summed E-state index contributed by atoms with van der Waals surface area (Å²) in [5.74, 6) is -0.156. The van der Waals surface area contributed by atoms with Crippen molar-refractivity contribution in [3.05, 3.63) is 23.8 Å². The number of hydrogen-bond acceptors (Lipinski definition) is 4. The number of hydrogen-bond donors (Lipinski definition) is 3. The average molecular weight is 237 g/mol. The molecule has 0 aliphatic carbocycles. The predicted molar refractivity (Wildman–Crippen MR) is 69.2 cm³/mol. The molecule has 4 N–H and O–H groups in total. The van der Waals surface area contributed by atoms with E-state index in [1.807, 2.05) is 18.9 Å². The Morgan fingerprint density at radius 1 is 1.59 bits per heavy atom. The molecule has 0 saturated heterocycles. The van der Waals surface area contributed by atoms with E-state index >= 15 is 0 Å². The van der Waals surface area contributed by atoms with Gasteiger partial charge in [0.25, 0.3) is 5.91 Å². The molecule has 0 aromatic heterocycles. The van der Waals surface area contributed by atoms with Crippen LogP contribution in [0.25, 0.3) is 0 Å². The molecule has 0 saturated carbocycles. The lowest BCUT2D eigenvalue weighted by Crippen LogP contribution is -2.32. The molecule has 1 amide bonds. The molecule has 0 aliphatic heterocycles. The lowest BCUT2D eigenvalue weighted by Gasteiger charge is -2.27. The van der Waals surface area contributed by atoms with Crippen molar-refractivity contribution in [3.63, 3.8) is 0 Å². The van der Waals surface area contributed by atoms with Crippen LogP contribution in [0.2, 0.25) is 0 Å². The SMILES string of the molecule is CNC(=O)c1ccc(N)c(N(C)C(C)CO)c1. The fourth-order valence-electron chi connectivity index (χ4n) is 1.49. The molecule has 0 bridgehead atoms. The van der Waals surface area contributed by atoms with Crippen molar-refractivity contribution in [2.75, 3.05) is 31.3 Å². The minimum Gasteiger partial charge on any atom is -0.397 e. The van der Waals surface area contributed by atoms with Crippen molar-refractivity contribution in [3.8, 4) is 0 Å². The van der Waals surface area contributed by atoms with E-state index in [2.05, 4.69) is 5.32 Å². The second kappa shape index (κ2) is 5.54. The third-order valence-electron chi connectivity index (χ3n) is 2.83. The van der Waals surface area contributed by atoms with Crippen LogP contribution in [0.3, 0.4) is 0 Å². The van der Waals surface area contributed by atoms with E-state index in [9.17, 15) is 4.79 Å².